The SMILES string of the molecule is Cc1cccc(N(CC(=O)NCCCSCc2ccccc2C)S(=O)(=O)c2ccccc2)c1. The van der Waals surface area contributed by atoms with Crippen molar-refractivity contribution in [2.75, 3.05) is 23.1 Å². The van der Waals surface area contributed by atoms with Gasteiger partial charge in [0.1, 0.15) is 6.54 Å². The van der Waals surface area contributed by atoms with Crippen LogP contribution >= 0.6 is 11.8 Å². The van der Waals surface area contributed by atoms with Crippen molar-refractivity contribution in [1.29, 1.82) is 0 Å². The first-order valence-electron chi connectivity index (χ1n) is 10.9. The molecule has 0 bridgehead atoms. The van der Waals surface area contributed by atoms with Gasteiger partial charge in [-0.1, -0.05) is 54.6 Å². The Morgan fingerprint density at radius 1 is 0.939 bits per heavy atom. The summed E-state index contributed by atoms with van der Waals surface area (Å²) in [4.78, 5) is 12.8. The first-order valence-corrected chi connectivity index (χ1v) is 13.5. The van der Waals surface area contributed by atoms with Gasteiger partial charge in [0.15, 0.2) is 0 Å². The topological polar surface area (TPSA) is 66.5 Å². The van der Waals surface area contributed by atoms with E-state index < -0.39 is 10.0 Å². The van der Waals surface area contributed by atoms with Gasteiger partial charge in [0, 0.05) is 12.3 Å². The number of carbonyl (C=O) groups is 1. The molecule has 0 saturated carbocycles. The Morgan fingerprint density at radius 3 is 2.39 bits per heavy atom. The van der Waals surface area contributed by atoms with E-state index in [4.69, 9.17) is 0 Å². The number of nitrogens with one attached hydrogen (secondary N) is 1. The minimum absolute atomic E-state index is 0.159. The summed E-state index contributed by atoms with van der Waals surface area (Å²) in [5.41, 5.74) is 4.01. The molecule has 0 saturated heterocycles. The van der Waals surface area contributed by atoms with Gasteiger partial charge in [-0.3, -0.25) is 9.10 Å². The van der Waals surface area contributed by atoms with Crippen LogP contribution in [0.4, 0.5) is 5.69 Å². The summed E-state index contributed by atoms with van der Waals surface area (Å²) >= 11 is 1.83. The van der Waals surface area contributed by atoms with Gasteiger partial charge in [-0.15, -0.1) is 0 Å². The van der Waals surface area contributed by atoms with Gasteiger partial charge in [-0.2, -0.15) is 11.8 Å². The Kier molecular flexibility index (Phi) is 8.97. The fourth-order valence-electron chi connectivity index (χ4n) is 3.36. The third-order valence-electron chi connectivity index (χ3n) is 5.21. The van der Waals surface area contributed by atoms with Crippen molar-refractivity contribution < 1.29 is 13.2 Å². The highest BCUT2D eigenvalue weighted by molar-refractivity contribution is 7.98. The van der Waals surface area contributed by atoms with E-state index in [0.717, 1.165) is 23.5 Å². The van der Waals surface area contributed by atoms with Crippen LogP contribution in [0.3, 0.4) is 0 Å². The van der Waals surface area contributed by atoms with Crippen molar-refractivity contribution in [3.05, 3.63) is 95.6 Å². The lowest BCUT2D eigenvalue weighted by atomic mass is 10.1. The summed E-state index contributed by atoms with van der Waals surface area (Å²) in [6.07, 6.45) is 0.818. The zero-order valence-corrected chi connectivity index (χ0v) is 20.7. The minimum atomic E-state index is -3.87. The molecular formula is C26H30N2O3S2. The highest BCUT2D eigenvalue weighted by Gasteiger charge is 2.27. The molecule has 3 rings (SSSR count). The van der Waals surface area contributed by atoms with Crippen molar-refractivity contribution in [2.24, 2.45) is 0 Å². The quantitative estimate of drug-likeness (QED) is 0.393. The molecule has 1 amide bonds. The molecule has 0 aromatic heterocycles. The van der Waals surface area contributed by atoms with E-state index in [1.165, 1.54) is 15.4 Å². The highest BCUT2D eigenvalue weighted by atomic mass is 32.2. The average molecular weight is 483 g/mol. The average Bonchev–Trinajstić information content (AvgIpc) is 2.81. The van der Waals surface area contributed by atoms with Gasteiger partial charge in [0.05, 0.1) is 10.6 Å². The third kappa shape index (κ3) is 7.11. The third-order valence-corrected chi connectivity index (χ3v) is 8.10. The lowest BCUT2D eigenvalue weighted by molar-refractivity contribution is -0.119. The predicted molar refractivity (Wildman–Crippen MR) is 137 cm³/mol. The molecule has 5 nitrogen and oxygen atoms in total. The van der Waals surface area contributed by atoms with Crippen molar-refractivity contribution >= 4 is 33.4 Å². The molecule has 0 atom stereocenters. The standard InChI is InChI=1S/C26H30N2O3S2/c1-21-10-8-13-24(18-21)28(33(30,31)25-14-4-3-5-15-25)19-26(29)27-16-9-17-32-20-23-12-7-6-11-22(23)2/h3-8,10-15,18H,9,16-17,19-20H2,1-2H3,(H,27,29). The van der Waals surface area contributed by atoms with Crippen LogP contribution in [0.15, 0.2) is 83.8 Å². The number of thioether (sulfide) groups is 1. The van der Waals surface area contributed by atoms with E-state index in [9.17, 15) is 13.2 Å². The first kappa shape index (κ1) is 24.9. The monoisotopic (exact) mass is 482 g/mol. The van der Waals surface area contributed by atoms with Crippen LogP contribution in [0, 0.1) is 13.8 Å². The maximum Gasteiger partial charge on any atom is 0.264 e. The normalized spacial score (nSPS) is 11.2. The van der Waals surface area contributed by atoms with Crippen molar-refractivity contribution in [3.8, 4) is 0 Å². The van der Waals surface area contributed by atoms with Gasteiger partial charge >= 0.3 is 0 Å². The van der Waals surface area contributed by atoms with Gasteiger partial charge in [0.25, 0.3) is 10.0 Å². The van der Waals surface area contributed by atoms with Gasteiger partial charge < -0.3 is 5.32 Å². The highest BCUT2D eigenvalue weighted by Crippen LogP contribution is 2.24. The van der Waals surface area contributed by atoms with E-state index in [2.05, 4.69) is 24.4 Å². The van der Waals surface area contributed by atoms with Crippen molar-refractivity contribution in [2.45, 2.75) is 30.9 Å². The van der Waals surface area contributed by atoms with E-state index in [-0.39, 0.29) is 17.3 Å². The Hall–Kier alpha value is -2.77. The smallest absolute Gasteiger partial charge is 0.264 e. The molecule has 0 spiro atoms. The number of hydrogen-bond acceptors (Lipinski definition) is 4. The van der Waals surface area contributed by atoms with E-state index in [1.807, 2.05) is 36.9 Å². The van der Waals surface area contributed by atoms with Crippen molar-refractivity contribution in [1.82, 2.24) is 5.32 Å². The zero-order chi connectivity index (χ0) is 23.7. The minimum Gasteiger partial charge on any atom is -0.354 e. The molecule has 1 N–H and O–H groups in total. The van der Waals surface area contributed by atoms with Crippen LogP contribution < -0.4 is 9.62 Å². The second kappa shape index (κ2) is 11.9. The predicted octanol–water partition coefficient (Wildman–Crippen LogP) is 4.94. The molecule has 7 heteroatoms. The molecule has 0 fully saturated rings. The Morgan fingerprint density at radius 2 is 1.67 bits per heavy atom. The molecule has 0 radical (unpaired) electrons. The lowest BCUT2D eigenvalue weighted by Gasteiger charge is -2.24. The van der Waals surface area contributed by atoms with Gasteiger partial charge in [-0.25, -0.2) is 8.42 Å². The number of amides is 1. The molecule has 0 unspecified atom stereocenters. The molecule has 3 aromatic rings. The molecular weight excluding hydrogens is 452 g/mol. The second-order valence-electron chi connectivity index (χ2n) is 7.85. The maximum atomic E-state index is 13.3. The summed E-state index contributed by atoms with van der Waals surface area (Å²) in [5.74, 6) is 1.54. The number of benzene rings is 3. The number of hydrogen-bond donors (Lipinski definition) is 1. The van der Waals surface area contributed by atoms with Gasteiger partial charge in [-0.05, 0) is 67.0 Å². The number of rotatable bonds is 11. The molecule has 174 valence electrons. The Labute approximate surface area is 201 Å². The molecule has 0 aliphatic rings. The van der Waals surface area contributed by atoms with Crippen LogP contribution in [0.5, 0.6) is 0 Å². The number of nitrogens with zero attached hydrogens (tertiary/aromatic N) is 1. The first-order chi connectivity index (χ1) is 15.9. The number of anilines is 1. The molecule has 0 aliphatic heterocycles. The van der Waals surface area contributed by atoms with E-state index in [1.54, 1.807) is 48.5 Å². The lowest BCUT2D eigenvalue weighted by Crippen LogP contribution is -2.41. The van der Waals surface area contributed by atoms with Crippen LogP contribution in [0.1, 0.15) is 23.1 Å². The van der Waals surface area contributed by atoms with Crippen LogP contribution in [0.2, 0.25) is 0 Å². The van der Waals surface area contributed by atoms with Crippen LogP contribution in [0.25, 0.3) is 0 Å². The van der Waals surface area contributed by atoms with E-state index >= 15 is 0 Å². The van der Waals surface area contributed by atoms with Crippen LogP contribution in [-0.2, 0) is 20.6 Å². The molecule has 3 aromatic carbocycles. The second-order valence-corrected chi connectivity index (χ2v) is 10.8. The van der Waals surface area contributed by atoms with E-state index in [0.29, 0.717) is 12.2 Å². The molecule has 0 aliphatic carbocycles. The fourth-order valence-corrected chi connectivity index (χ4v) is 5.83. The molecule has 33 heavy (non-hydrogen) atoms. The summed E-state index contributed by atoms with van der Waals surface area (Å²) in [6, 6.07) is 23.7. The summed E-state index contributed by atoms with van der Waals surface area (Å²) in [7, 11) is -3.87. The Balaban J connectivity index is 1.57. The number of carbonyl (C=O) groups excluding carboxylic acids is 1. The summed E-state index contributed by atoms with van der Waals surface area (Å²) < 4.78 is 27.8. The fraction of sp³-hybridized carbons (Fsp3) is 0.269. The molecule has 0 heterocycles. The number of aryl methyl sites for hydroxylation is 2. The Bertz CT molecular complexity index is 1160. The zero-order valence-electron chi connectivity index (χ0n) is 19.0. The maximum absolute atomic E-state index is 13.3. The number of sulfonamides is 1. The summed E-state index contributed by atoms with van der Waals surface area (Å²) in [5, 5.41) is 2.87. The summed E-state index contributed by atoms with van der Waals surface area (Å²) in [6.45, 7) is 4.24. The van der Waals surface area contributed by atoms with Gasteiger partial charge in [0.2, 0.25) is 5.91 Å². The largest absolute Gasteiger partial charge is 0.354 e. The van der Waals surface area contributed by atoms with Crippen LogP contribution in [-0.4, -0.2) is 33.2 Å². The van der Waals surface area contributed by atoms with Crippen molar-refractivity contribution in [3.63, 3.8) is 0 Å².